The maximum absolute atomic E-state index is 11.9. The summed E-state index contributed by atoms with van der Waals surface area (Å²) < 4.78 is 0. The number of rotatable bonds is 6. The van der Waals surface area contributed by atoms with Gasteiger partial charge in [0.15, 0.2) is 0 Å². The van der Waals surface area contributed by atoms with Gasteiger partial charge in [-0.3, -0.25) is 4.79 Å². The molecule has 0 bridgehead atoms. The van der Waals surface area contributed by atoms with Crippen LogP contribution in [0.25, 0.3) is 0 Å². The summed E-state index contributed by atoms with van der Waals surface area (Å²) in [6.45, 7) is 4.52. The van der Waals surface area contributed by atoms with Crippen molar-refractivity contribution in [2.24, 2.45) is 11.1 Å². The number of nitrogens with two attached hydrogens (primary N) is 1. The van der Waals surface area contributed by atoms with E-state index in [0.717, 1.165) is 0 Å². The van der Waals surface area contributed by atoms with E-state index in [2.05, 4.69) is 10.6 Å². The average molecular weight is 279 g/mol. The van der Waals surface area contributed by atoms with Crippen LogP contribution in [0.3, 0.4) is 0 Å². The van der Waals surface area contributed by atoms with Crippen LogP contribution in [0.2, 0.25) is 0 Å². The molecular weight excluding hydrogens is 258 g/mol. The number of anilines is 1. The number of nitrogens with one attached hydrogen (secondary N) is 2. The average Bonchev–Trinajstić information content (AvgIpc) is 2.36. The predicted molar refractivity (Wildman–Crippen MR) is 77.5 cm³/mol. The Kier molecular flexibility index (Phi) is 5.52. The second-order valence-corrected chi connectivity index (χ2v) is 5.39. The number of carbonyl (C=O) groups excluding carboxylic acids is 2. The highest BCUT2D eigenvalue weighted by Gasteiger charge is 2.18. The topological polar surface area (TPSA) is 104 Å². The molecule has 110 valence electrons. The van der Waals surface area contributed by atoms with E-state index in [9.17, 15) is 9.59 Å². The maximum atomic E-state index is 11.9. The molecule has 20 heavy (non-hydrogen) atoms. The van der Waals surface area contributed by atoms with Gasteiger partial charge in [0.1, 0.15) is 0 Å². The van der Waals surface area contributed by atoms with Gasteiger partial charge in [0.05, 0.1) is 0 Å². The number of primary amides is 1. The van der Waals surface area contributed by atoms with Crippen molar-refractivity contribution in [3.63, 3.8) is 0 Å². The third-order valence-corrected chi connectivity index (χ3v) is 2.93. The Balaban J connectivity index is 2.57. The summed E-state index contributed by atoms with van der Waals surface area (Å²) in [4.78, 5) is 22.6. The molecule has 0 aliphatic rings. The van der Waals surface area contributed by atoms with Gasteiger partial charge in [0.25, 0.3) is 5.91 Å². The largest absolute Gasteiger partial charge is 0.396 e. The zero-order chi connectivity index (χ0) is 15.2. The van der Waals surface area contributed by atoms with E-state index >= 15 is 0 Å². The Bertz CT molecular complexity index is 469. The maximum Gasteiger partial charge on any atom is 0.316 e. The van der Waals surface area contributed by atoms with E-state index < -0.39 is 6.03 Å². The van der Waals surface area contributed by atoms with Crippen LogP contribution >= 0.6 is 0 Å². The second kappa shape index (κ2) is 6.91. The van der Waals surface area contributed by atoms with Gasteiger partial charge in [-0.05, 0) is 36.1 Å². The summed E-state index contributed by atoms with van der Waals surface area (Å²) >= 11 is 0. The lowest BCUT2D eigenvalue weighted by molar-refractivity contribution is 0.0928. The van der Waals surface area contributed by atoms with Gasteiger partial charge in [0.2, 0.25) is 0 Å². The first-order valence-corrected chi connectivity index (χ1v) is 6.40. The Morgan fingerprint density at radius 2 is 1.85 bits per heavy atom. The van der Waals surface area contributed by atoms with Crippen molar-refractivity contribution in [3.05, 3.63) is 29.8 Å². The van der Waals surface area contributed by atoms with Gasteiger partial charge in [-0.15, -0.1) is 0 Å². The van der Waals surface area contributed by atoms with Crippen LogP contribution in [0.1, 0.15) is 30.6 Å². The molecule has 3 amide bonds. The Hall–Kier alpha value is -2.08. The van der Waals surface area contributed by atoms with Crippen LogP contribution in [0.15, 0.2) is 24.3 Å². The molecule has 0 saturated heterocycles. The minimum atomic E-state index is -0.645. The van der Waals surface area contributed by atoms with Crippen molar-refractivity contribution in [2.45, 2.75) is 20.3 Å². The molecule has 1 aromatic rings. The molecule has 1 rings (SSSR count). The number of carbonyl (C=O) groups is 2. The van der Waals surface area contributed by atoms with Crippen molar-refractivity contribution < 1.29 is 14.7 Å². The zero-order valence-electron chi connectivity index (χ0n) is 11.8. The molecule has 0 aromatic heterocycles. The molecule has 0 spiro atoms. The zero-order valence-corrected chi connectivity index (χ0v) is 11.8. The van der Waals surface area contributed by atoms with E-state index in [-0.39, 0.29) is 17.9 Å². The molecule has 0 aliphatic heterocycles. The van der Waals surface area contributed by atoms with Crippen LogP contribution in [0.5, 0.6) is 0 Å². The highest BCUT2D eigenvalue weighted by Crippen LogP contribution is 2.18. The molecule has 6 heteroatoms. The molecule has 0 atom stereocenters. The number of aliphatic hydroxyl groups is 1. The van der Waals surface area contributed by atoms with E-state index in [1.54, 1.807) is 24.3 Å². The minimum Gasteiger partial charge on any atom is -0.396 e. The van der Waals surface area contributed by atoms with Crippen LogP contribution in [-0.2, 0) is 0 Å². The molecule has 0 unspecified atom stereocenters. The fourth-order valence-electron chi connectivity index (χ4n) is 1.66. The SMILES string of the molecule is CC(C)(CCO)CNC(=O)c1ccc(NC(N)=O)cc1. The van der Waals surface area contributed by atoms with E-state index in [4.69, 9.17) is 10.8 Å². The number of urea groups is 1. The highest BCUT2D eigenvalue weighted by atomic mass is 16.3. The highest BCUT2D eigenvalue weighted by molar-refractivity contribution is 5.95. The summed E-state index contributed by atoms with van der Waals surface area (Å²) in [6.07, 6.45) is 0.620. The monoisotopic (exact) mass is 279 g/mol. The molecule has 6 nitrogen and oxygen atoms in total. The quantitative estimate of drug-likeness (QED) is 0.631. The summed E-state index contributed by atoms with van der Waals surface area (Å²) in [5, 5.41) is 14.2. The Morgan fingerprint density at radius 1 is 1.25 bits per heavy atom. The van der Waals surface area contributed by atoms with E-state index in [1.807, 2.05) is 13.8 Å². The molecule has 1 aromatic carbocycles. The Morgan fingerprint density at radius 3 is 2.35 bits per heavy atom. The van der Waals surface area contributed by atoms with Gasteiger partial charge in [-0.2, -0.15) is 0 Å². The molecule has 0 radical (unpaired) electrons. The molecule has 0 heterocycles. The van der Waals surface area contributed by atoms with Gasteiger partial charge in [0, 0.05) is 24.4 Å². The number of amides is 3. The number of hydrogen-bond acceptors (Lipinski definition) is 3. The minimum absolute atomic E-state index is 0.0936. The Labute approximate surface area is 118 Å². The number of hydrogen-bond donors (Lipinski definition) is 4. The first-order valence-electron chi connectivity index (χ1n) is 6.40. The number of benzene rings is 1. The van der Waals surface area contributed by atoms with Gasteiger partial charge >= 0.3 is 6.03 Å². The first-order chi connectivity index (χ1) is 9.34. The van der Waals surface area contributed by atoms with Crippen LogP contribution in [0, 0.1) is 5.41 Å². The third-order valence-electron chi connectivity index (χ3n) is 2.93. The lowest BCUT2D eigenvalue weighted by atomic mass is 9.89. The third kappa shape index (κ3) is 5.27. The number of aliphatic hydroxyl groups excluding tert-OH is 1. The predicted octanol–water partition coefficient (Wildman–Crippen LogP) is 1.32. The smallest absolute Gasteiger partial charge is 0.316 e. The van der Waals surface area contributed by atoms with Gasteiger partial charge in [-0.25, -0.2) is 4.79 Å². The van der Waals surface area contributed by atoms with Gasteiger partial charge < -0.3 is 21.5 Å². The van der Waals surface area contributed by atoms with Crippen LogP contribution in [-0.4, -0.2) is 30.2 Å². The summed E-state index contributed by atoms with van der Waals surface area (Å²) in [6, 6.07) is 5.80. The van der Waals surface area contributed by atoms with Gasteiger partial charge in [-0.1, -0.05) is 13.8 Å². The summed E-state index contributed by atoms with van der Waals surface area (Å²) in [7, 11) is 0. The summed E-state index contributed by atoms with van der Waals surface area (Å²) in [5.41, 5.74) is 5.88. The van der Waals surface area contributed by atoms with Crippen LogP contribution < -0.4 is 16.4 Å². The van der Waals surface area contributed by atoms with Crippen molar-refractivity contribution in [1.82, 2.24) is 5.32 Å². The normalized spacial score (nSPS) is 10.9. The molecule has 0 aliphatic carbocycles. The van der Waals surface area contributed by atoms with Crippen molar-refractivity contribution in [2.75, 3.05) is 18.5 Å². The first kappa shape index (κ1) is 16.0. The second-order valence-electron chi connectivity index (χ2n) is 5.39. The van der Waals surface area contributed by atoms with E-state index in [1.165, 1.54) is 0 Å². The lowest BCUT2D eigenvalue weighted by Gasteiger charge is -2.23. The fraction of sp³-hybridized carbons (Fsp3) is 0.429. The lowest BCUT2D eigenvalue weighted by Crippen LogP contribution is -2.34. The van der Waals surface area contributed by atoms with E-state index in [0.29, 0.717) is 24.2 Å². The molecule has 0 fully saturated rings. The summed E-state index contributed by atoms with van der Waals surface area (Å²) in [5.74, 6) is -0.193. The van der Waals surface area contributed by atoms with Crippen molar-refractivity contribution >= 4 is 17.6 Å². The standard InChI is InChI=1S/C14H21N3O3/c1-14(2,7-8-18)9-16-12(19)10-3-5-11(6-4-10)17-13(15)20/h3-6,18H,7-9H2,1-2H3,(H,16,19)(H3,15,17,20). The fourth-order valence-corrected chi connectivity index (χ4v) is 1.66. The molecular formula is C14H21N3O3. The van der Waals surface area contributed by atoms with Crippen LogP contribution in [0.4, 0.5) is 10.5 Å². The molecule has 0 saturated carbocycles. The van der Waals surface area contributed by atoms with Crippen molar-refractivity contribution in [3.8, 4) is 0 Å². The van der Waals surface area contributed by atoms with Crippen molar-refractivity contribution in [1.29, 1.82) is 0 Å². The molecule has 5 N–H and O–H groups in total.